The number of rotatable bonds is 7. The number of aromatic amines is 1. The molecule has 4 aromatic rings. The van der Waals surface area contributed by atoms with Crippen LogP contribution in [0, 0.1) is 5.92 Å². The van der Waals surface area contributed by atoms with Crippen molar-refractivity contribution in [1.82, 2.24) is 20.2 Å². The maximum Gasteiger partial charge on any atom is 0.303 e. The summed E-state index contributed by atoms with van der Waals surface area (Å²) in [6.45, 7) is 0. The third kappa shape index (κ3) is 5.24. The van der Waals surface area contributed by atoms with E-state index in [-0.39, 0.29) is 0 Å². The largest absolute Gasteiger partial charge is 0.497 e. The van der Waals surface area contributed by atoms with Crippen molar-refractivity contribution in [3.05, 3.63) is 72.4 Å². The zero-order valence-corrected chi connectivity index (χ0v) is 19.6. The van der Waals surface area contributed by atoms with E-state index in [0.29, 0.717) is 29.9 Å². The first-order valence-corrected chi connectivity index (χ1v) is 11.9. The Morgan fingerprint density at radius 2 is 1.63 bits per heavy atom. The van der Waals surface area contributed by atoms with E-state index in [2.05, 4.69) is 44.4 Å². The molecule has 0 amide bonds. The van der Waals surface area contributed by atoms with Gasteiger partial charge in [-0.15, -0.1) is 0 Å². The molecule has 0 unspecified atom stereocenters. The number of hydrogen-bond acceptors (Lipinski definition) is 5. The maximum atomic E-state index is 11.0. The average molecular weight is 469 g/mol. The van der Waals surface area contributed by atoms with Gasteiger partial charge in [0.15, 0.2) is 11.6 Å². The minimum atomic E-state index is -0.683. The van der Waals surface area contributed by atoms with Gasteiger partial charge in [-0.25, -0.2) is 4.98 Å². The van der Waals surface area contributed by atoms with Crippen molar-refractivity contribution in [3.8, 4) is 39.8 Å². The highest BCUT2D eigenvalue weighted by molar-refractivity contribution is 5.67. The number of benzene rings is 2. The van der Waals surface area contributed by atoms with Crippen molar-refractivity contribution in [2.24, 2.45) is 5.92 Å². The van der Waals surface area contributed by atoms with E-state index in [4.69, 9.17) is 9.84 Å². The van der Waals surface area contributed by atoms with Crippen molar-refractivity contribution in [2.45, 2.75) is 38.0 Å². The van der Waals surface area contributed by atoms with Gasteiger partial charge in [0, 0.05) is 29.3 Å². The van der Waals surface area contributed by atoms with Crippen molar-refractivity contribution < 1.29 is 14.6 Å². The molecular formula is C28H28N4O3. The fourth-order valence-corrected chi connectivity index (χ4v) is 4.84. The van der Waals surface area contributed by atoms with E-state index in [1.54, 1.807) is 13.3 Å². The standard InChI is InChI=1S/C28H28N4O3/c1-35-24-13-10-22(11-14-24)27-30-28(32-31-27)23-12-15-25(29-17-23)21-8-6-20(7-9-21)19-4-2-18(3-5-19)16-26(33)34/h6-15,17-19H,2-5,16H2,1H3,(H,33,34)(H,30,31,32). The van der Waals surface area contributed by atoms with Crippen LogP contribution in [0.5, 0.6) is 5.75 Å². The van der Waals surface area contributed by atoms with Gasteiger partial charge in [0.1, 0.15) is 5.75 Å². The molecule has 0 radical (unpaired) electrons. The molecule has 2 N–H and O–H groups in total. The lowest BCUT2D eigenvalue weighted by atomic mass is 9.77. The predicted molar refractivity (Wildman–Crippen MR) is 134 cm³/mol. The Balaban J connectivity index is 1.24. The molecule has 0 saturated heterocycles. The average Bonchev–Trinajstić information content (AvgIpc) is 3.40. The summed E-state index contributed by atoms with van der Waals surface area (Å²) >= 11 is 0. The first-order chi connectivity index (χ1) is 17.1. The van der Waals surface area contributed by atoms with Crippen LogP contribution in [0.1, 0.15) is 43.6 Å². The first-order valence-electron chi connectivity index (χ1n) is 11.9. The molecule has 178 valence electrons. The summed E-state index contributed by atoms with van der Waals surface area (Å²) in [5.41, 5.74) is 5.07. The number of methoxy groups -OCH3 is 1. The molecule has 7 heteroatoms. The van der Waals surface area contributed by atoms with Gasteiger partial charge in [0.25, 0.3) is 0 Å². The van der Waals surface area contributed by atoms with Gasteiger partial charge in [-0.2, -0.15) is 5.10 Å². The molecule has 5 rings (SSSR count). The van der Waals surface area contributed by atoms with Crippen molar-refractivity contribution >= 4 is 5.97 Å². The van der Waals surface area contributed by atoms with Gasteiger partial charge in [0.05, 0.1) is 12.8 Å². The number of nitrogens with one attached hydrogen (secondary N) is 1. The van der Waals surface area contributed by atoms with Crippen LogP contribution < -0.4 is 4.74 Å². The summed E-state index contributed by atoms with van der Waals surface area (Å²) in [7, 11) is 1.64. The molecule has 2 aromatic heterocycles. The minimum Gasteiger partial charge on any atom is -0.497 e. The van der Waals surface area contributed by atoms with Crippen molar-refractivity contribution in [1.29, 1.82) is 0 Å². The van der Waals surface area contributed by atoms with Crippen LogP contribution >= 0.6 is 0 Å². The van der Waals surface area contributed by atoms with Crippen LogP contribution in [-0.2, 0) is 4.79 Å². The molecule has 2 aromatic carbocycles. The number of pyridine rings is 1. The van der Waals surface area contributed by atoms with E-state index in [9.17, 15) is 4.79 Å². The first kappa shape index (κ1) is 22.8. The van der Waals surface area contributed by atoms with E-state index < -0.39 is 5.97 Å². The minimum absolute atomic E-state index is 0.296. The fourth-order valence-electron chi connectivity index (χ4n) is 4.84. The number of hydrogen-bond donors (Lipinski definition) is 2. The maximum absolute atomic E-state index is 11.0. The Kier molecular flexibility index (Phi) is 6.57. The summed E-state index contributed by atoms with van der Waals surface area (Å²) in [5.74, 6) is 2.24. The molecule has 2 heterocycles. The number of carboxylic acid groups (broad SMARTS) is 1. The second kappa shape index (κ2) is 10.1. The molecule has 7 nitrogen and oxygen atoms in total. The number of carbonyl (C=O) groups is 1. The Morgan fingerprint density at radius 1 is 0.943 bits per heavy atom. The number of aromatic nitrogens is 4. The lowest BCUT2D eigenvalue weighted by molar-refractivity contribution is -0.138. The number of H-pyrrole nitrogens is 1. The lowest BCUT2D eigenvalue weighted by Gasteiger charge is -2.28. The predicted octanol–water partition coefficient (Wildman–Crippen LogP) is 5.96. The summed E-state index contributed by atoms with van der Waals surface area (Å²) < 4.78 is 5.21. The number of nitrogens with zero attached hydrogens (tertiary/aromatic N) is 3. The highest BCUT2D eigenvalue weighted by Crippen LogP contribution is 2.37. The summed E-state index contributed by atoms with van der Waals surface area (Å²) in [5, 5.41) is 16.4. The van der Waals surface area contributed by atoms with Crippen LogP contribution in [0.15, 0.2) is 66.9 Å². The van der Waals surface area contributed by atoms with Gasteiger partial charge in [-0.1, -0.05) is 24.3 Å². The Hall–Kier alpha value is -4.00. The van der Waals surface area contributed by atoms with Gasteiger partial charge in [-0.05, 0) is 79.5 Å². The zero-order valence-electron chi connectivity index (χ0n) is 19.6. The normalized spacial score (nSPS) is 17.7. The third-order valence-corrected chi connectivity index (χ3v) is 6.86. The number of aliphatic carboxylic acids is 1. The summed E-state index contributed by atoms with van der Waals surface area (Å²) in [4.78, 5) is 20.2. The topological polar surface area (TPSA) is 101 Å². The molecule has 35 heavy (non-hydrogen) atoms. The lowest BCUT2D eigenvalue weighted by Crippen LogP contribution is -2.16. The van der Waals surface area contributed by atoms with Gasteiger partial charge in [-0.3, -0.25) is 14.9 Å². The Bertz CT molecular complexity index is 1270. The molecule has 1 fully saturated rings. The molecule has 1 saturated carbocycles. The Labute approximate surface area is 204 Å². The molecule has 1 aliphatic rings. The zero-order chi connectivity index (χ0) is 24.2. The van der Waals surface area contributed by atoms with E-state index in [1.165, 1.54) is 5.56 Å². The molecule has 0 aliphatic heterocycles. The van der Waals surface area contributed by atoms with Crippen molar-refractivity contribution in [3.63, 3.8) is 0 Å². The third-order valence-electron chi connectivity index (χ3n) is 6.86. The Morgan fingerprint density at radius 3 is 2.26 bits per heavy atom. The monoisotopic (exact) mass is 468 g/mol. The van der Waals surface area contributed by atoms with Crippen LogP contribution in [0.3, 0.4) is 0 Å². The summed E-state index contributed by atoms with van der Waals surface area (Å²) in [6.07, 6.45) is 6.18. The van der Waals surface area contributed by atoms with Crippen molar-refractivity contribution in [2.75, 3.05) is 7.11 Å². The van der Waals surface area contributed by atoms with Crippen LogP contribution in [0.4, 0.5) is 0 Å². The van der Waals surface area contributed by atoms with E-state index in [1.807, 2.05) is 36.4 Å². The van der Waals surface area contributed by atoms with E-state index >= 15 is 0 Å². The number of carboxylic acids is 1. The van der Waals surface area contributed by atoms with Gasteiger partial charge < -0.3 is 9.84 Å². The highest BCUT2D eigenvalue weighted by atomic mass is 16.5. The quantitative estimate of drug-likeness (QED) is 0.347. The second-order valence-corrected chi connectivity index (χ2v) is 9.11. The van der Waals surface area contributed by atoms with Crippen LogP contribution in [0.25, 0.3) is 34.0 Å². The molecule has 0 spiro atoms. The van der Waals surface area contributed by atoms with E-state index in [0.717, 1.165) is 53.8 Å². The highest BCUT2D eigenvalue weighted by Gasteiger charge is 2.24. The molecular weight excluding hydrogens is 440 g/mol. The SMILES string of the molecule is COc1ccc(-c2nc(-c3ccc(-c4ccc(C5CCC(CC(=O)O)CC5)cc4)nc3)n[nH]2)cc1. The van der Waals surface area contributed by atoms with Crippen LogP contribution in [0.2, 0.25) is 0 Å². The number of ether oxygens (including phenoxy) is 1. The van der Waals surface area contributed by atoms with Crippen LogP contribution in [-0.4, -0.2) is 38.4 Å². The molecule has 0 atom stereocenters. The summed E-state index contributed by atoms with van der Waals surface area (Å²) in [6, 6.07) is 20.3. The van der Waals surface area contributed by atoms with Gasteiger partial charge in [0.2, 0.25) is 0 Å². The molecule has 1 aliphatic carbocycles. The smallest absolute Gasteiger partial charge is 0.303 e. The fraction of sp³-hybridized carbons (Fsp3) is 0.286. The molecule has 0 bridgehead atoms. The van der Waals surface area contributed by atoms with Gasteiger partial charge >= 0.3 is 5.97 Å². The second-order valence-electron chi connectivity index (χ2n) is 9.11.